The Balaban J connectivity index is 1.17. The molecule has 0 saturated carbocycles. The fraction of sp³-hybridized carbons (Fsp3) is 0.273. The number of hydrogen-bond donors (Lipinski definition) is 1. The third-order valence-electron chi connectivity index (χ3n) is 5.19. The van der Waals surface area contributed by atoms with E-state index in [1.165, 1.54) is 16.5 Å². The van der Waals surface area contributed by atoms with Gasteiger partial charge in [0.2, 0.25) is 11.1 Å². The van der Waals surface area contributed by atoms with Gasteiger partial charge in [-0.1, -0.05) is 30.0 Å². The molecule has 31 heavy (non-hydrogen) atoms. The third kappa shape index (κ3) is 4.89. The number of nitrogens with zero attached hydrogens (tertiary/aromatic N) is 4. The van der Waals surface area contributed by atoms with Gasteiger partial charge in [0.15, 0.2) is 0 Å². The van der Waals surface area contributed by atoms with Gasteiger partial charge < -0.3 is 4.90 Å². The highest BCUT2D eigenvalue weighted by Gasteiger charge is 2.27. The zero-order chi connectivity index (χ0) is 21.0. The molecular formula is C22H21N5OS3. The van der Waals surface area contributed by atoms with Gasteiger partial charge in [0, 0.05) is 23.9 Å². The molecule has 0 spiro atoms. The SMILES string of the molecule is O=C(CSc1n[nH]c(/C=C/c2cccs2)n1)N1CCCC(c2nc3ccccc3s2)C1. The van der Waals surface area contributed by atoms with E-state index < -0.39 is 0 Å². The Morgan fingerprint density at radius 1 is 1.23 bits per heavy atom. The minimum atomic E-state index is 0.135. The van der Waals surface area contributed by atoms with E-state index in [1.807, 2.05) is 46.7 Å². The second kappa shape index (κ2) is 9.33. The van der Waals surface area contributed by atoms with Crippen LogP contribution in [0.1, 0.15) is 34.5 Å². The fourth-order valence-corrected chi connectivity index (χ4v) is 6.05. The molecule has 0 aliphatic carbocycles. The van der Waals surface area contributed by atoms with Gasteiger partial charge in [0.1, 0.15) is 5.82 Å². The Hall–Kier alpha value is -2.49. The Morgan fingerprint density at radius 3 is 3.03 bits per heavy atom. The molecule has 0 radical (unpaired) electrons. The number of thiazole rings is 1. The van der Waals surface area contributed by atoms with Gasteiger partial charge in [0.25, 0.3) is 0 Å². The molecule has 5 rings (SSSR count). The lowest BCUT2D eigenvalue weighted by molar-refractivity contribution is -0.129. The molecule has 4 heterocycles. The number of amides is 1. The summed E-state index contributed by atoms with van der Waals surface area (Å²) in [4.78, 5) is 25.2. The molecule has 1 N–H and O–H groups in total. The largest absolute Gasteiger partial charge is 0.341 e. The lowest BCUT2D eigenvalue weighted by Gasteiger charge is -2.31. The van der Waals surface area contributed by atoms with Crippen molar-refractivity contribution >= 4 is 62.7 Å². The second-order valence-electron chi connectivity index (χ2n) is 7.34. The van der Waals surface area contributed by atoms with Gasteiger partial charge in [-0.05, 0) is 48.6 Å². The number of aromatic amines is 1. The number of carbonyl (C=O) groups is 1. The van der Waals surface area contributed by atoms with Gasteiger partial charge in [-0.3, -0.25) is 9.89 Å². The summed E-state index contributed by atoms with van der Waals surface area (Å²) in [7, 11) is 0. The second-order valence-corrected chi connectivity index (χ2v) is 10.3. The van der Waals surface area contributed by atoms with E-state index in [1.54, 1.807) is 22.7 Å². The molecule has 1 atom stereocenters. The molecule has 1 amide bonds. The van der Waals surface area contributed by atoms with Crippen LogP contribution in [0.5, 0.6) is 0 Å². The summed E-state index contributed by atoms with van der Waals surface area (Å²) in [5.41, 5.74) is 1.05. The first kappa shape index (κ1) is 20.4. The van der Waals surface area contributed by atoms with Crippen LogP contribution in [0.2, 0.25) is 0 Å². The molecule has 0 bridgehead atoms. The van der Waals surface area contributed by atoms with Crippen LogP contribution >= 0.6 is 34.4 Å². The van der Waals surface area contributed by atoms with Crippen LogP contribution in [0.3, 0.4) is 0 Å². The standard InChI is InChI=1S/C22H21N5OS3/c28-20(14-30-22-24-19(25-26-22)10-9-16-6-4-12-29-16)27-11-3-5-15(13-27)21-23-17-7-1-2-8-18(17)31-21/h1-2,4,6-10,12,15H,3,5,11,13-14H2,(H,24,25,26)/b10-9+. The Labute approximate surface area is 192 Å². The maximum atomic E-state index is 12.8. The van der Waals surface area contributed by atoms with Crippen molar-refractivity contribution in [3.8, 4) is 0 Å². The summed E-state index contributed by atoms with van der Waals surface area (Å²) in [6, 6.07) is 12.3. The molecule has 4 aromatic rings. The van der Waals surface area contributed by atoms with Crippen molar-refractivity contribution < 1.29 is 4.79 Å². The quantitative estimate of drug-likeness (QED) is 0.397. The molecule has 3 aromatic heterocycles. The van der Waals surface area contributed by atoms with Crippen LogP contribution in [-0.2, 0) is 4.79 Å². The van der Waals surface area contributed by atoms with E-state index in [9.17, 15) is 4.79 Å². The average Bonchev–Trinajstić information content (AvgIpc) is 3.56. The number of carbonyl (C=O) groups excluding carboxylic acids is 1. The number of likely N-dealkylation sites (tertiary alicyclic amines) is 1. The minimum Gasteiger partial charge on any atom is -0.341 e. The van der Waals surface area contributed by atoms with E-state index in [0.29, 0.717) is 22.7 Å². The molecule has 1 aromatic carbocycles. The van der Waals surface area contributed by atoms with Crippen LogP contribution in [-0.4, -0.2) is 49.8 Å². The zero-order valence-corrected chi connectivity index (χ0v) is 19.2. The van der Waals surface area contributed by atoms with Crippen molar-refractivity contribution in [1.29, 1.82) is 0 Å². The number of thiophene rings is 1. The lowest BCUT2D eigenvalue weighted by Crippen LogP contribution is -2.40. The Bertz CT molecular complexity index is 1160. The van der Waals surface area contributed by atoms with Gasteiger partial charge >= 0.3 is 0 Å². The van der Waals surface area contributed by atoms with Gasteiger partial charge in [-0.25, -0.2) is 9.97 Å². The van der Waals surface area contributed by atoms with Gasteiger partial charge in [-0.2, -0.15) is 0 Å². The highest BCUT2D eigenvalue weighted by molar-refractivity contribution is 7.99. The van der Waals surface area contributed by atoms with E-state index in [2.05, 4.69) is 27.3 Å². The first-order chi connectivity index (χ1) is 15.2. The number of fused-ring (bicyclic) bond motifs is 1. The number of nitrogens with one attached hydrogen (secondary N) is 1. The fourth-order valence-electron chi connectivity index (χ4n) is 3.63. The smallest absolute Gasteiger partial charge is 0.233 e. The number of rotatable bonds is 6. The van der Waals surface area contributed by atoms with Crippen molar-refractivity contribution in [1.82, 2.24) is 25.1 Å². The van der Waals surface area contributed by atoms with Crippen molar-refractivity contribution in [3.63, 3.8) is 0 Å². The van der Waals surface area contributed by atoms with Crippen LogP contribution < -0.4 is 0 Å². The van der Waals surface area contributed by atoms with Crippen LogP contribution in [0.4, 0.5) is 0 Å². The van der Waals surface area contributed by atoms with E-state index in [-0.39, 0.29) is 5.91 Å². The Kier molecular flexibility index (Phi) is 6.15. The highest BCUT2D eigenvalue weighted by atomic mass is 32.2. The summed E-state index contributed by atoms with van der Waals surface area (Å²) in [5.74, 6) is 1.49. The summed E-state index contributed by atoms with van der Waals surface area (Å²) in [5, 5.41) is 10.9. The molecule has 9 heteroatoms. The van der Waals surface area contributed by atoms with Crippen molar-refractivity contribution in [2.75, 3.05) is 18.8 Å². The predicted octanol–water partition coefficient (Wildman–Crippen LogP) is 5.14. The topological polar surface area (TPSA) is 74.8 Å². The number of H-pyrrole nitrogens is 1. The van der Waals surface area contributed by atoms with Crippen LogP contribution in [0.15, 0.2) is 46.9 Å². The molecule has 6 nitrogen and oxygen atoms in total. The lowest BCUT2D eigenvalue weighted by atomic mass is 9.99. The maximum absolute atomic E-state index is 12.8. The first-order valence-corrected chi connectivity index (χ1v) is 12.8. The third-order valence-corrected chi connectivity index (χ3v) is 8.06. The van der Waals surface area contributed by atoms with E-state index >= 15 is 0 Å². The first-order valence-electron chi connectivity index (χ1n) is 10.1. The van der Waals surface area contributed by atoms with Crippen molar-refractivity contribution in [3.05, 3.63) is 57.5 Å². The molecular weight excluding hydrogens is 446 g/mol. The van der Waals surface area contributed by atoms with E-state index in [4.69, 9.17) is 4.98 Å². The van der Waals surface area contributed by atoms with Crippen molar-refractivity contribution in [2.45, 2.75) is 23.9 Å². The van der Waals surface area contributed by atoms with Crippen molar-refractivity contribution in [2.24, 2.45) is 0 Å². The molecule has 1 unspecified atom stereocenters. The molecule has 158 valence electrons. The Morgan fingerprint density at radius 2 is 2.16 bits per heavy atom. The number of aromatic nitrogens is 4. The molecule has 1 aliphatic rings. The zero-order valence-electron chi connectivity index (χ0n) is 16.7. The average molecular weight is 468 g/mol. The molecule has 1 aliphatic heterocycles. The summed E-state index contributed by atoms with van der Waals surface area (Å²) in [6.45, 7) is 1.55. The summed E-state index contributed by atoms with van der Waals surface area (Å²) in [6.07, 6.45) is 5.99. The number of hydrogen-bond acceptors (Lipinski definition) is 7. The minimum absolute atomic E-state index is 0.135. The van der Waals surface area contributed by atoms with Gasteiger partial charge in [-0.15, -0.1) is 27.8 Å². The molecule has 1 fully saturated rings. The number of piperidine rings is 1. The van der Waals surface area contributed by atoms with Crippen LogP contribution in [0, 0.1) is 0 Å². The monoisotopic (exact) mass is 467 g/mol. The highest BCUT2D eigenvalue weighted by Crippen LogP contribution is 2.33. The molecule has 1 saturated heterocycles. The summed E-state index contributed by atoms with van der Waals surface area (Å²) < 4.78 is 1.21. The number of para-hydroxylation sites is 1. The predicted molar refractivity (Wildman–Crippen MR) is 129 cm³/mol. The maximum Gasteiger partial charge on any atom is 0.233 e. The van der Waals surface area contributed by atoms with E-state index in [0.717, 1.165) is 41.3 Å². The number of benzene rings is 1. The number of thioether (sulfide) groups is 1. The summed E-state index contributed by atoms with van der Waals surface area (Å²) >= 11 is 4.80. The van der Waals surface area contributed by atoms with Crippen LogP contribution in [0.25, 0.3) is 22.4 Å². The normalized spacial score (nSPS) is 17.0. The van der Waals surface area contributed by atoms with Gasteiger partial charge in [0.05, 0.1) is 21.0 Å².